The molecule has 1 heterocycles. The van der Waals surface area contributed by atoms with Crippen molar-refractivity contribution >= 4 is 49.8 Å². The molecular weight excluding hydrogens is 655 g/mol. The Balaban J connectivity index is 1.23. The lowest BCUT2D eigenvalue weighted by atomic mass is 9.91. The summed E-state index contributed by atoms with van der Waals surface area (Å²) in [6.45, 7) is 0. The van der Waals surface area contributed by atoms with Crippen LogP contribution >= 0.6 is 0 Å². The number of rotatable bonds is 7. The molecule has 54 heavy (non-hydrogen) atoms. The van der Waals surface area contributed by atoms with Crippen molar-refractivity contribution in [1.29, 1.82) is 0 Å². The van der Waals surface area contributed by atoms with Gasteiger partial charge in [-0.2, -0.15) is 0 Å². The van der Waals surface area contributed by atoms with E-state index in [1.54, 1.807) is 0 Å². The second kappa shape index (κ2) is 13.4. The fourth-order valence-electron chi connectivity index (χ4n) is 7.88. The first-order chi connectivity index (χ1) is 26.8. The molecule has 0 fully saturated rings. The second-order valence-electron chi connectivity index (χ2n) is 13.7. The van der Waals surface area contributed by atoms with Gasteiger partial charge in [0.1, 0.15) is 5.58 Å². The standard InChI is InChI=1S/C52H35NO/c1-4-16-36(17-5-1)44-31-30-43(35-49(44)38-20-8-3-9-21-38)53(50-28-15-27-46-45-26-12-13-29-51(45)54-52(46)50)42-25-14-24-41(32-42)48-34-40-23-11-10-22-39(40)33-47(48)37-18-6-2-7-19-37/h1-35H. The van der Waals surface area contributed by atoms with Crippen molar-refractivity contribution in [2.75, 3.05) is 4.90 Å². The van der Waals surface area contributed by atoms with Crippen molar-refractivity contribution in [3.05, 3.63) is 212 Å². The van der Waals surface area contributed by atoms with Gasteiger partial charge in [-0.15, -0.1) is 0 Å². The maximum absolute atomic E-state index is 6.71. The van der Waals surface area contributed by atoms with Crippen LogP contribution in [0, 0.1) is 0 Å². The fraction of sp³-hybridized carbons (Fsp3) is 0. The van der Waals surface area contributed by atoms with Crippen LogP contribution in [0.3, 0.4) is 0 Å². The molecule has 1 aromatic heterocycles. The maximum Gasteiger partial charge on any atom is 0.159 e. The molecule has 0 aliphatic heterocycles. The first-order valence-electron chi connectivity index (χ1n) is 18.4. The van der Waals surface area contributed by atoms with Crippen LogP contribution in [-0.2, 0) is 0 Å². The average Bonchev–Trinajstić information content (AvgIpc) is 3.64. The van der Waals surface area contributed by atoms with Crippen molar-refractivity contribution in [2.45, 2.75) is 0 Å². The van der Waals surface area contributed by atoms with Gasteiger partial charge in [-0.3, -0.25) is 0 Å². The number of benzene rings is 9. The molecule has 0 aliphatic rings. The third-order valence-electron chi connectivity index (χ3n) is 10.4. The van der Waals surface area contributed by atoms with Crippen molar-refractivity contribution in [1.82, 2.24) is 0 Å². The van der Waals surface area contributed by atoms with Gasteiger partial charge in [-0.25, -0.2) is 0 Å². The highest BCUT2D eigenvalue weighted by Gasteiger charge is 2.22. The lowest BCUT2D eigenvalue weighted by Gasteiger charge is -2.27. The van der Waals surface area contributed by atoms with E-state index in [0.717, 1.165) is 55.7 Å². The van der Waals surface area contributed by atoms with Crippen LogP contribution in [0.4, 0.5) is 17.1 Å². The number of nitrogens with zero attached hydrogens (tertiary/aromatic N) is 1. The molecule has 0 spiro atoms. The Morgan fingerprint density at radius 3 is 1.50 bits per heavy atom. The van der Waals surface area contributed by atoms with E-state index in [4.69, 9.17) is 4.42 Å². The van der Waals surface area contributed by atoms with Crippen molar-refractivity contribution in [2.24, 2.45) is 0 Å². The second-order valence-corrected chi connectivity index (χ2v) is 13.7. The van der Waals surface area contributed by atoms with Gasteiger partial charge < -0.3 is 9.32 Å². The van der Waals surface area contributed by atoms with Gasteiger partial charge >= 0.3 is 0 Å². The molecule has 0 saturated carbocycles. The molecule has 0 radical (unpaired) electrons. The van der Waals surface area contributed by atoms with Crippen LogP contribution in [0.2, 0.25) is 0 Å². The minimum Gasteiger partial charge on any atom is -0.454 e. The Morgan fingerprint density at radius 2 is 0.815 bits per heavy atom. The molecule has 10 rings (SSSR count). The molecule has 0 unspecified atom stereocenters. The van der Waals surface area contributed by atoms with Crippen LogP contribution in [-0.4, -0.2) is 0 Å². The molecule has 0 bridgehead atoms. The van der Waals surface area contributed by atoms with Crippen LogP contribution in [0.5, 0.6) is 0 Å². The highest BCUT2D eigenvalue weighted by molar-refractivity contribution is 6.10. The first kappa shape index (κ1) is 31.6. The molecule has 0 saturated heterocycles. The third-order valence-corrected chi connectivity index (χ3v) is 10.4. The molecule has 254 valence electrons. The summed E-state index contributed by atoms with van der Waals surface area (Å²) in [6, 6.07) is 75.9. The van der Waals surface area contributed by atoms with E-state index in [1.165, 1.54) is 38.6 Å². The van der Waals surface area contributed by atoms with E-state index in [9.17, 15) is 0 Å². The maximum atomic E-state index is 6.71. The molecule has 2 nitrogen and oxygen atoms in total. The van der Waals surface area contributed by atoms with Gasteiger partial charge in [-0.05, 0) is 104 Å². The number of anilines is 3. The zero-order valence-electron chi connectivity index (χ0n) is 29.6. The summed E-state index contributed by atoms with van der Waals surface area (Å²) >= 11 is 0. The zero-order valence-corrected chi connectivity index (χ0v) is 29.6. The molecule has 0 aliphatic carbocycles. The molecule has 0 atom stereocenters. The minimum absolute atomic E-state index is 0.855. The van der Waals surface area contributed by atoms with Gasteiger partial charge in [0, 0.05) is 22.1 Å². The lowest BCUT2D eigenvalue weighted by molar-refractivity contribution is 0.669. The molecule has 9 aromatic carbocycles. The number of para-hydroxylation sites is 2. The summed E-state index contributed by atoms with van der Waals surface area (Å²) in [7, 11) is 0. The average molecular weight is 690 g/mol. The van der Waals surface area contributed by atoms with Crippen LogP contribution in [0.15, 0.2) is 217 Å². The van der Waals surface area contributed by atoms with Gasteiger partial charge in [-0.1, -0.05) is 164 Å². The Bertz CT molecular complexity index is 2930. The van der Waals surface area contributed by atoms with Crippen molar-refractivity contribution in [3.8, 4) is 44.5 Å². The predicted molar refractivity (Wildman–Crippen MR) is 228 cm³/mol. The minimum atomic E-state index is 0.855. The van der Waals surface area contributed by atoms with Gasteiger partial charge in [0.05, 0.1) is 5.69 Å². The summed E-state index contributed by atoms with van der Waals surface area (Å²) < 4.78 is 6.71. The largest absolute Gasteiger partial charge is 0.454 e. The SMILES string of the molecule is c1ccc(-c2ccc(N(c3cccc(-c4cc5ccccc5cc4-c4ccccc4)c3)c3cccc4c3oc3ccccc34)cc2-c2ccccc2)cc1. The van der Waals surface area contributed by atoms with E-state index in [2.05, 4.69) is 211 Å². The highest BCUT2D eigenvalue weighted by Crippen LogP contribution is 2.46. The third kappa shape index (κ3) is 5.62. The predicted octanol–water partition coefficient (Wildman–Crippen LogP) is 14.9. The molecule has 2 heteroatoms. The van der Waals surface area contributed by atoms with Gasteiger partial charge in [0.25, 0.3) is 0 Å². The van der Waals surface area contributed by atoms with Crippen LogP contribution in [0.1, 0.15) is 0 Å². The van der Waals surface area contributed by atoms with Crippen molar-refractivity contribution in [3.63, 3.8) is 0 Å². The molecule has 0 amide bonds. The Kier molecular flexibility index (Phi) is 7.85. The summed E-state index contributed by atoms with van der Waals surface area (Å²) in [4.78, 5) is 2.36. The number of hydrogen-bond donors (Lipinski definition) is 0. The van der Waals surface area contributed by atoms with Crippen molar-refractivity contribution < 1.29 is 4.42 Å². The topological polar surface area (TPSA) is 16.4 Å². The first-order valence-corrected chi connectivity index (χ1v) is 18.4. The van der Waals surface area contributed by atoms with E-state index >= 15 is 0 Å². The van der Waals surface area contributed by atoms with Gasteiger partial charge in [0.2, 0.25) is 0 Å². The summed E-state index contributed by atoms with van der Waals surface area (Å²) in [5.41, 5.74) is 14.2. The summed E-state index contributed by atoms with van der Waals surface area (Å²) in [5.74, 6) is 0. The van der Waals surface area contributed by atoms with E-state index < -0.39 is 0 Å². The lowest BCUT2D eigenvalue weighted by Crippen LogP contribution is -2.11. The summed E-state index contributed by atoms with van der Waals surface area (Å²) in [6.07, 6.45) is 0. The van der Waals surface area contributed by atoms with Crippen LogP contribution in [0.25, 0.3) is 77.2 Å². The van der Waals surface area contributed by atoms with E-state index in [-0.39, 0.29) is 0 Å². The normalized spacial score (nSPS) is 11.3. The molecule has 10 aromatic rings. The molecule has 0 N–H and O–H groups in total. The number of furan rings is 1. The van der Waals surface area contributed by atoms with E-state index in [1.807, 2.05) is 6.07 Å². The fourth-order valence-corrected chi connectivity index (χ4v) is 7.88. The summed E-state index contributed by atoms with van der Waals surface area (Å²) in [5, 5.41) is 4.64. The quantitative estimate of drug-likeness (QED) is 0.166. The smallest absolute Gasteiger partial charge is 0.159 e. The monoisotopic (exact) mass is 689 g/mol. The number of hydrogen-bond acceptors (Lipinski definition) is 2. The Labute approximate surface area is 314 Å². The Hall–Kier alpha value is -7.16. The van der Waals surface area contributed by atoms with Crippen LogP contribution < -0.4 is 4.90 Å². The highest BCUT2D eigenvalue weighted by atomic mass is 16.3. The van der Waals surface area contributed by atoms with Gasteiger partial charge in [0.15, 0.2) is 5.58 Å². The van der Waals surface area contributed by atoms with E-state index in [0.29, 0.717) is 0 Å². The Morgan fingerprint density at radius 1 is 0.315 bits per heavy atom. The zero-order chi connectivity index (χ0) is 35.8. The number of fused-ring (bicyclic) bond motifs is 4. The molecular formula is C52H35NO.